The van der Waals surface area contributed by atoms with E-state index in [1.54, 1.807) is 33.8 Å². The molecular weight excluding hydrogens is 524 g/mol. The van der Waals surface area contributed by atoms with Crippen LogP contribution in [0.2, 0.25) is 5.02 Å². The fourth-order valence-electron chi connectivity index (χ4n) is 5.10. The zero-order valence-corrected chi connectivity index (χ0v) is 22.3. The predicted molar refractivity (Wildman–Crippen MR) is 144 cm³/mol. The van der Waals surface area contributed by atoms with Crippen LogP contribution in [0.3, 0.4) is 0 Å². The average molecular weight is 553 g/mol. The van der Waals surface area contributed by atoms with Gasteiger partial charge in [-0.1, -0.05) is 11.6 Å². The number of likely N-dealkylation sites (N-methyl/N-ethyl adjacent to an activating group) is 1. The quantitative estimate of drug-likeness (QED) is 0.393. The zero-order valence-electron chi connectivity index (χ0n) is 21.5. The van der Waals surface area contributed by atoms with Crippen molar-refractivity contribution in [3.63, 3.8) is 0 Å². The lowest BCUT2D eigenvalue weighted by Gasteiger charge is -2.38. The molecular formula is C26H29ClN8O4. The molecule has 204 valence electrons. The van der Waals surface area contributed by atoms with Gasteiger partial charge in [-0.3, -0.25) is 14.2 Å². The number of aliphatic hydroxyl groups is 1. The van der Waals surface area contributed by atoms with E-state index in [0.717, 1.165) is 31.9 Å². The Hall–Kier alpha value is -3.74. The van der Waals surface area contributed by atoms with E-state index in [-0.39, 0.29) is 23.8 Å². The minimum atomic E-state index is -1.16. The fourth-order valence-corrected chi connectivity index (χ4v) is 5.22. The number of hydrogen-bond acceptors (Lipinski definition) is 9. The summed E-state index contributed by atoms with van der Waals surface area (Å²) in [5.74, 6) is -0.0577. The molecule has 0 saturated carbocycles. The van der Waals surface area contributed by atoms with Gasteiger partial charge in [0.1, 0.15) is 11.7 Å². The summed E-state index contributed by atoms with van der Waals surface area (Å²) in [6, 6.07) is 7.54. The molecule has 0 atom stereocenters. The highest BCUT2D eigenvalue weighted by Gasteiger charge is 2.36. The van der Waals surface area contributed by atoms with E-state index in [1.165, 1.54) is 23.3 Å². The molecule has 12 nitrogen and oxygen atoms in total. The van der Waals surface area contributed by atoms with E-state index in [1.807, 2.05) is 4.90 Å². The number of piperidine rings is 1. The summed E-state index contributed by atoms with van der Waals surface area (Å²) < 4.78 is 8.78. The van der Waals surface area contributed by atoms with Gasteiger partial charge in [0.2, 0.25) is 5.76 Å². The third-order valence-corrected chi connectivity index (χ3v) is 7.80. The maximum absolute atomic E-state index is 13.2. The van der Waals surface area contributed by atoms with Gasteiger partial charge < -0.3 is 24.2 Å². The number of rotatable bonds is 5. The topological polar surface area (TPSA) is 126 Å². The van der Waals surface area contributed by atoms with E-state index < -0.39 is 5.60 Å². The first-order chi connectivity index (χ1) is 18.8. The van der Waals surface area contributed by atoms with Gasteiger partial charge in [-0.05, 0) is 44.2 Å². The fraction of sp³-hybridized carbons (Fsp3) is 0.423. The summed E-state index contributed by atoms with van der Waals surface area (Å²) >= 11 is 5.98. The number of hydrogen-bond donors (Lipinski definition) is 1. The molecule has 4 aromatic rings. The minimum Gasteiger partial charge on any atom is -0.418 e. The molecule has 6 rings (SSSR count). The second-order valence-electron chi connectivity index (χ2n) is 10.3. The predicted octanol–water partition coefficient (Wildman–Crippen LogP) is 1.64. The number of benzene rings is 1. The first kappa shape index (κ1) is 25.5. The number of halogens is 1. The van der Waals surface area contributed by atoms with Gasteiger partial charge in [0.15, 0.2) is 5.65 Å². The van der Waals surface area contributed by atoms with Crippen LogP contribution in [0.4, 0.5) is 6.01 Å². The molecule has 0 bridgehead atoms. The van der Waals surface area contributed by atoms with Crippen LogP contribution < -0.4 is 10.5 Å². The molecule has 0 aliphatic carbocycles. The van der Waals surface area contributed by atoms with Gasteiger partial charge in [0.05, 0.1) is 30.2 Å². The van der Waals surface area contributed by atoms with Gasteiger partial charge >= 0.3 is 0 Å². The number of likely N-dealkylation sites (tertiary alicyclic amines) is 1. The lowest BCUT2D eigenvalue weighted by Crippen LogP contribution is -2.49. The minimum absolute atomic E-state index is 0.0682. The van der Waals surface area contributed by atoms with Gasteiger partial charge in [-0.2, -0.15) is 5.10 Å². The highest BCUT2D eigenvalue weighted by molar-refractivity contribution is 6.30. The van der Waals surface area contributed by atoms with Crippen LogP contribution in [0.1, 0.15) is 23.4 Å². The number of piperazine rings is 1. The van der Waals surface area contributed by atoms with Crippen molar-refractivity contribution in [1.82, 2.24) is 34.1 Å². The molecule has 0 spiro atoms. The van der Waals surface area contributed by atoms with Crippen LogP contribution in [0.5, 0.6) is 0 Å². The van der Waals surface area contributed by atoms with E-state index in [4.69, 9.17) is 16.0 Å². The number of fused-ring (bicyclic) bond motifs is 1. The Morgan fingerprint density at radius 1 is 1.05 bits per heavy atom. The standard InChI is InChI=1S/C26H29ClN8O4/c1-31-10-12-33(13-11-31)25-28-15-21(39-25)24(37)32-8-6-26(38,7-9-32)16-34-17-29-22-20(23(34)36)14-30-35(22)19-4-2-18(27)3-5-19/h2-5,14-15,17,38H,6-13,16H2,1H3. The van der Waals surface area contributed by atoms with E-state index in [2.05, 4.69) is 27.0 Å². The monoisotopic (exact) mass is 552 g/mol. The second kappa shape index (κ2) is 10.1. The summed E-state index contributed by atoms with van der Waals surface area (Å²) in [5, 5.41) is 16.6. The lowest BCUT2D eigenvalue weighted by atomic mass is 9.91. The average Bonchev–Trinajstić information content (AvgIpc) is 3.60. The van der Waals surface area contributed by atoms with Crippen molar-refractivity contribution in [2.24, 2.45) is 0 Å². The third-order valence-electron chi connectivity index (χ3n) is 7.55. The van der Waals surface area contributed by atoms with E-state index >= 15 is 0 Å². The Balaban J connectivity index is 1.11. The molecule has 1 amide bonds. The molecule has 2 aliphatic heterocycles. The van der Waals surface area contributed by atoms with Gasteiger partial charge in [-0.15, -0.1) is 0 Å². The molecule has 13 heteroatoms. The van der Waals surface area contributed by atoms with Gasteiger partial charge in [0, 0.05) is 44.3 Å². The number of oxazole rings is 1. The summed E-state index contributed by atoms with van der Waals surface area (Å²) in [5.41, 5.74) is -0.287. The Labute approximate surface area is 229 Å². The van der Waals surface area contributed by atoms with Crippen molar-refractivity contribution in [2.75, 3.05) is 51.2 Å². The molecule has 0 radical (unpaired) electrons. The van der Waals surface area contributed by atoms with Crippen LogP contribution in [-0.4, -0.2) is 97.0 Å². The van der Waals surface area contributed by atoms with Gasteiger partial charge in [0.25, 0.3) is 17.5 Å². The number of carbonyl (C=O) groups excluding carboxylic acids is 1. The smallest absolute Gasteiger partial charge is 0.298 e. The highest BCUT2D eigenvalue weighted by Crippen LogP contribution is 2.26. The first-order valence-electron chi connectivity index (χ1n) is 12.9. The molecule has 1 N–H and O–H groups in total. The Morgan fingerprint density at radius 3 is 2.49 bits per heavy atom. The largest absolute Gasteiger partial charge is 0.418 e. The Bertz CT molecular complexity index is 1550. The molecule has 2 saturated heterocycles. The summed E-state index contributed by atoms with van der Waals surface area (Å²) in [6.45, 7) is 4.14. The summed E-state index contributed by atoms with van der Waals surface area (Å²) in [6.07, 6.45) is 5.01. The van der Waals surface area contributed by atoms with Crippen molar-refractivity contribution in [1.29, 1.82) is 0 Å². The number of anilines is 1. The number of aromatic nitrogens is 5. The number of amides is 1. The van der Waals surface area contributed by atoms with Crippen molar-refractivity contribution in [2.45, 2.75) is 25.0 Å². The molecule has 2 fully saturated rings. The van der Waals surface area contributed by atoms with Crippen molar-refractivity contribution in [3.05, 3.63) is 64.1 Å². The number of carbonyl (C=O) groups is 1. The SMILES string of the molecule is CN1CCN(c2ncc(C(=O)N3CCC(O)(Cn4cnc5c(cnn5-c5ccc(Cl)cc5)c4=O)CC3)o2)CC1. The normalized spacial score (nSPS) is 18.1. The Kier molecular flexibility index (Phi) is 6.61. The maximum Gasteiger partial charge on any atom is 0.298 e. The molecule has 0 unspecified atom stereocenters. The third kappa shape index (κ3) is 5.02. The summed E-state index contributed by atoms with van der Waals surface area (Å²) in [4.78, 5) is 40.9. The molecule has 1 aromatic carbocycles. The van der Waals surface area contributed by atoms with Crippen molar-refractivity contribution < 1.29 is 14.3 Å². The summed E-state index contributed by atoms with van der Waals surface area (Å²) in [7, 11) is 2.07. The van der Waals surface area contributed by atoms with Crippen LogP contribution in [0.15, 0.2) is 52.2 Å². The van der Waals surface area contributed by atoms with E-state index in [9.17, 15) is 14.7 Å². The molecule has 3 aromatic heterocycles. The van der Waals surface area contributed by atoms with Crippen LogP contribution >= 0.6 is 11.6 Å². The molecule has 5 heterocycles. The first-order valence-corrected chi connectivity index (χ1v) is 13.3. The zero-order chi connectivity index (χ0) is 27.1. The van der Waals surface area contributed by atoms with Crippen molar-refractivity contribution in [3.8, 4) is 5.69 Å². The van der Waals surface area contributed by atoms with Crippen LogP contribution in [0.25, 0.3) is 16.7 Å². The second-order valence-corrected chi connectivity index (χ2v) is 10.7. The molecule has 2 aliphatic rings. The van der Waals surface area contributed by atoms with Crippen LogP contribution in [0, 0.1) is 0 Å². The molecule has 39 heavy (non-hydrogen) atoms. The number of nitrogens with zero attached hydrogens (tertiary/aromatic N) is 8. The maximum atomic E-state index is 13.2. The van der Waals surface area contributed by atoms with Crippen molar-refractivity contribution >= 4 is 34.6 Å². The lowest BCUT2D eigenvalue weighted by molar-refractivity contribution is -0.0304. The van der Waals surface area contributed by atoms with E-state index in [0.29, 0.717) is 48.0 Å². The van der Waals surface area contributed by atoms with Crippen LogP contribution in [-0.2, 0) is 6.54 Å². The van der Waals surface area contributed by atoms with Gasteiger partial charge in [-0.25, -0.2) is 14.6 Å². The highest BCUT2D eigenvalue weighted by atomic mass is 35.5. The Morgan fingerprint density at radius 2 is 1.77 bits per heavy atom.